The number of hydrogen-bond acceptors (Lipinski definition) is 4. The number of hydrogen-bond donors (Lipinski definition) is 3. The molecule has 2 amide bonds. The quantitative estimate of drug-likeness (QED) is 0.454. The van der Waals surface area contributed by atoms with Crippen molar-refractivity contribution in [2.45, 2.75) is 6.04 Å². The van der Waals surface area contributed by atoms with Crippen LogP contribution in [0.1, 0.15) is 0 Å². The molecule has 13 heavy (non-hydrogen) atoms. The Morgan fingerprint density at radius 2 is 2.31 bits per heavy atom. The van der Waals surface area contributed by atoms with Gasteiger partial charge in [0.05, 0.1) is 5.92 Å². The molecule has 6 heteroatoms. The van der Waals surface area contributed by atoms with Gasteiger partial charge in [-0.05, 0) is 0 Å². The zero-order valence-electron chi connectivity index (χ0n) is 7.00. The summed E-state index contributed by atoms with van der Waals surface area (Å²) in [5.41, 5.74) is 2.18. The lowest BCUT2D eigenvalue weighted by atomic mass is 10.0. The first-order valence-corrected chi connectivity index (χ1v) is 4.20. The molecule has 1 atom stereocenters. The molecule has 0 bridgehead atoms. The first-order valence-electron chi connectivity index (χ1n) is 4.20. The summed E-state index contributed by atoms with van der Waals surface area (Å²) in [6.45, 7) is 1.60. The third kappa shape index (κ3) is 1.63. The minimum atomic E-state index is -0.520. The van der Waals surface area contributed by atoms with Crippen LogP contribution in [0.3, 0.4) is 0 Å². The van der Waals surface area contributed by atoms with Crippen molar-refractivity contribution in [3.63, 3.8) is 0 Å². The predicted molar refractivity (Wildman–Crippen MR) is 42.4 cm³/mol. The number of nitrogens with one attached hydrogen (secondary N) is 3. The van der Waals surface area contributed by atoms with E-state index in [1.54, 1.807) is 0 Å². The fraction of sp³-hybridized carbons (Fsp3) is 0.714. The van der Waals surface area contributed by atoms with Crippen molar-refractivity contribution in [3.8, 4) is 0 Å². The zero-order chi connectivity index (χ0) is 9.26. The maximum atomic E-state index is 11.3. The normalized spacial score (nSPS) is 28.0. The van der Waals surface area contributed by atoms with Crippen LogP contribution in [0.5, 0.6) is 0 Å². The van der Waals surface area contributed by atoms with E-state index in [-0.39, 0.29) is 24.3 Å². The maximum Gasteiger partial charge on any atom is 0.268 e. The molecule has 2 saturated heterocycles. The molecule has 2 heterocycles. The van der Waals surface area contributed by atoms with Gasteiger partial charge in [0.2, 0.25) is 5.91 Å². The molecule has 2 aliphatic heterocycles. The van der Waals surface area contributed by atoms with Gasteiger partial charge in [0.1, 0.15) is 12.6 Å². The molecule has 2 aliphatic rings. The standard InChI is InChI=1S/C7H11N3O3/c11-6(4-1-8-2-4)9-5-3-13-10-7(5)12/h4-5,8H,1-3H2,(H,9,11)(H,10,12)/t5-/m1/s1. The van der Waals surface area contributed by atoms with Crippen LogP contribution in [0.25, 0.3) is 0 Å². The van der Waals surface area contributed by atoms with Gasteiger partial charge in [-0.25, -0.2) is 5.48 Å². The Morgan fingerprint density at radius 1 is 1.54 bits per heavy atom. The third-order valence-corrected chi connectivity index (χ3v) is 2.21. The Kier molecular flexibility index (Phi) is 2.15. The van der Waals surface area contributed by atoms with Crippen molar-refractivity contribution in [2.24, 2.45) is 5.92 Å². The average Bonchev–Trinajstić information content (AvgIpc) is 2.32. The molecule has 0 aromatic carbocycles. The molecule has 0 aliphatic carbocycles. The highest BCUT2D eigenvalue weighted by atomic mass is 16.7. The van der Waals surface area contributed by atoms with E-state index in [0.717, 1.165) is 0 Å². The van der Waals surface area contributed by atoms with Crippen LogP contribution in [0.4, 0.5) is 0 Å². The lowest BCUT2D eigenvalue weighted by Crippen LogP contribution is -2.54. The van der Waals surface area contributed by atoms with Crippen LogP contribution < -0.4 is 16.1 Å². The fourth-order valence-corrected chi connectivity index (χ4v) is 1.21. The number of rotatable bonds is 2. The summed E-state index contributed by atoms with van der Waals surface area (Å²) in [6.07, 6.45) is 0. The monoisotopic (exact) mass is 185 g/mol. The van der Waals surface area contributed by atoms with Crippen molar-refractivity contribution in [3.05, 3.63) is 0 Å². The molecule has 0 aromatic heterocycles. The van der Waals surface area contributed by atoms with E-state index in [9.17, 15) is 9.59 Å². The van der Waals surface area contributed by atoms with Crippen molar-refractivity contribution < 1.29 is 14.4 Å². The van der Waals surface area contributed by atoms with Gasteiger partial charge in [-0.2, -0.15) is 0 Å². The lowest BCUT2D eigenvalue weighted by Gasteiger charge is -2.26. The smallest absolute Gasteiger partial charge is 0.268 e. The number of carbonyl (C=O) groups excluding carboxylic acids is 2. The van der Waals surface area contributed by atoms with Gasteiger partial charge in [-0.15, -0.1) is 0 Å². The first kappa shape index (κ1) is 8.46. The van der Waals surface area contributed by atoms with Crippen LogP contribution in [-0.2, 0) is 14.4 Å². The summed E-state index contributed by atoms with van der Waals surface area (Å²) in [6, 6.07) is -0.520. The minimum Gasteiger partial charge on any atom is -0.342 e. The number of hydroxylamine groups is 1. The Balaban J connectivity index is 1.82. The lowest BCUT2D eigenvalue weighted by molar-refractivity contribution is -0.131. The fourth-order valence-electron chi connectivity index (χ4n) is 1.21. The van der Waals surface area contributed by atoms with Gasteiger partial charge in [-0.3, -0.25) is 14.4 Å². The van der Waals surface area contributed by atoms with E-state index >= 15 is 0 Å². The molecule has 2 rings (SSSR count). The van der Waals surface area contributed by atoms with E-state index in [0.29, 0.717) is 13.1 Å². The highest BCUT2D eigenvalue weighted by Crippen LogP contribution is 2.04. The maximum absolute atomic E-state index is 11.3. The van der Waals surface area contributed by atoms with Crippen LogP contribution in [0.2, 0.25) is 0 Å². The molecule has 2 fully saturated rings. The first-order chi connectivity index (χ1) is 6.27. The zero-order valence-corrected chi connectivity index (χ0v) is 7.00. The average molecular weight is 185 g/mol. The molecule has 3 N–H and O–H groups in total. The predicted octanol–water partition coefficient (Wildman–Crippen LogP) is -2.25. The molecule has 0 spiro atoms. The Hall–Kier alpha value is -1.14. The number of amides is 2. The summed E-state index contributed by atoms with van der Waals surface area (Å²) >= 11 is 0. The van der Waals surface area contributed by atoms with Crippen LogP contribution in [-0.4, -0.2) is 37.6 Å². The topological polar surface area (TPSA) is 79.5 Å². The van der Waals surface area contributed by atoms with Gasteiger partial charge >= 0.3 is 0 Å². The molecule has 72 valence electrons. The van der Waals surface area contributed by atoms with Crippen molar-refractivity contribution in [1.82, 2.24) is 16.1 Å². The van der Waals surface area contributed by atoms with Crippen molar-refractivity contribution in [2.75, 3.05) is 19.7 Å². The Labute approximate surface area is 75.0 Å². The second-order valence-electron chi connectivity index (χ2n) is 3.19. The minimum absolute atomic E-state index is 0.00778. The van der Waals surface area contributed by atoms with Gasteiger partial charge in [0, 0.05) is 13.1 Å². The molecule has 0 radical (unpaired) electrons. The SMILES string of the molecule is O=C(N[C@@H]1CONC1=O)C1CNC1. The van der Waals surface area contributed by atoms with E-state index in [1.165, 1.54) is 0 Å². The van der Waals surface area contributed by atoms with Gasteiger partial charge in [0.25, 0.3) is 5.91 Å². The summed E-state index contributed by atoms with van der Waals surface area (Å²) in [5, 5.41) is 5.60. The second-order valence-corrected chi connectivity index (χ2v) is 3.19. The van der Waals surface area contributed by atoms with Crippen molar-refractivity contribution in [1.29, 1.82) is 0 Å². The largest absolute Gasteiger partial charge is 0.342 e. The van der Waals surface area contributed by atoms with Gasteiger partial charge < -0.3 is 10.6 Å². The Bertz CT molecular complexity index is 239. The Morgan fingerprint density at radius 3 is 2.77 bits per heavy atom. The van der Waals surface area contributed by atoms with E-state index in [4.69, 9.17) is 0 Å². The summed E-state index contributed by atoms with van der Waals surface area (Å²) in [7, 11) is 0. The summed E-state index contributed by atoms with van der Waals surface area (Å²) < 4.78 is 0. The van der Waals surface area contributed by atoms with E-state index in [2.05, 4.69) is 21.0 Å². The van der Waals surface area contributed by atoms with Crippen molar-refractivity contribution >= 4 is 11.8 Å². The molecule has 0 unspecified atom stereocenters. The molecular weight excluding hydrogens is 174 g/mol. The van der Waals surface area contributed by atoms with E-state index in [1.807, 2.05) is 0 Å². The van der Waals surface area contributed by atoms with E-state index < -0.39 is 6.04 Å². The molecule has 0 aromatic rings. The van der Waals surface area contributed by atoms with Gasteiger partial charge in [-0.1, -0.05) is 0 Å². The third-order valence-electron chi connectivity index (χ3n) is 2.21. The highest BCUT2D eigenvalue weighted by Gasteiger charge is 2.31. The van der Waals surface area contributed by atoms with Crippen LogP contribution in [0.15, 0.2) is 0 Å². The molecule has 6 nitrogen and oxygen atoms in total. The molecule has 0 saturated carbocycles. The van der Waals surface area contributed by atoms with Crippen LogP contribution >= 0.6 is 0 Å². The summed E-state index contributed by atoms with van der Waals surface area (Å²) in [5.74, 6) is -0.349. The number of carbonyl (C=O) groups is 2. The molecular formula is C7H11N3O3. The second kappa shape index (κ2) is 3.31. The highest BCUT2D eigenvalue weighted by molar-refractivity contribution is 5.89. The van der Waals surface area contributed by atoms with Gasteiger partial charge in [0.15, 0.2) is 0 Å². The van der Waals surface area contributed by atoms with Crippen LogP contribution in [0, 0.1) is 5.92 Å². The summed E-state index contributed by atoms with van der Waals surface area (Å²) in [4.78, 5) is 27.0.